The van der Waals surface area contributed by atoms with Gasteiger partial charge in [-0.25, -0.2) is 4.39 Å². The maximum Gasteiger partial charge on any atom is 0.318 e. The van der Waals surface area contributed by atoms with Crippen molar-refractivity contribution in [3.05, 3.63) is 101 Å². The maximum atomic E-state index is 13.8. The third-order valence-electron chi connectivity index (χ3n) is 4.32. The Morgan fingerprint density at radius 2 is 1.46 bits per heavy atom. The molecule has 3 aromatic rings. The first kappa shape index (κ1) is 19.3. The molecule has 0 aliphatic carbocycles. The minimum atomic E-state index is -0.650. The van der Waals surface area contributed by atoms with Gasteiger partial charge in [-0.15, -0.1) is 0 Å². The summed E-state index contributed by atoms with van der Waals surface area (Å²) in [4.78, 5) is 25.1. The van der Waals surface area contributed by atoms with Crippen LogP contribution in [0.15, 0.2) is 78.9 Å². The summed E-state index contributed by atoms with van der Waals surface area (Å²) in [6.45, 7) is -0.471. The summed E-state index contributed by atoms with van der Waals surface area (Å²) in [5.41, 5.74) is 1.64. The second-order valence-electron chi connectivity index (χ2n) is 6.13. The molecule has 28 heavy (non-hydrogen) atoms. The van der Waals surface area contributed by atoms with Crippen LogP contribution in [0, 0.1) is 5.82 Å². The predicted molar refractivity (Wildman–Crippen MR) is 103 cm³/mol. The van der Waals surface area contributed by atoms with Crippen LogP contribution >= 0.6 is 0 Å². The molecule has 0 heterocycles. The van der Waals surface area contributed by atoms with Crippen LogP contribution in [-0.2, 0) is 9.53 Å². The largest absolute Gasteiger partial charge is 0.494 e. The molecule has 0 saturated heterocycles. The Morgan fingerprint density at radius 1 is 0.893 bits per heavy atom. The molecular weight excluding hydrogens is 359 g/mol. The molecule has 4 nitrogen and oxygen atoms in total. The van der Waals surface area contributed by atoms with Gasteiger partial charge in [0.1, 0.15) is 5.92 Å². The number of hydrogen-bond acceptors (Lipinski definition) is 4. The molecule has 0 aliphatic heterocycles. The van der Waals surface area contributed by atoms with Crippen molar-refractivity contribution in [2.24, 2.45) is 0 Å². The molecule has 0 unspecified atom stereocenters. The Hall–Kier alpha value is -3.47. The molecule has 0 spiro atoms. The van der Waals surface area contributed by atoms with Crippen LogP contribution in [0.25, 0.3) is 0 Å². The Balaban J connectivity index is 1.75. The number of hydrogen-bond donors (Lipinski definition) is 0. The zero-order chi connectivity index (χ0) is 19.9. The second kappa shape index (κ2) is 8.95. The normalized spacial score (nSPS) is 10.5. The van der Waals surface area contributed by atoms with Crippen LogP contribution in [0.3, 0.4) is 0 Å². The summed E-state index contributed by atoms with van der Waals surface area (Å²) in [6, 6.07) is 22.3. The van der Waals surface area contributed by atoms with E-state index < -0.39 is 30.1 Å². The van der Waals surface area contributed by atoms with E-state index in [0.717, 1.165) is 17.2 Å². The van der Waals surface area contributed by atoms with E-state index in [0.29, 0.717) is 0 Å². The van der Waals surface area contributed by atoms with E-state index in [2.05, 4.69) is 0 Å². The van der Waals surface area contributed by atoms with Crippen LogP contribution in [-0.4, -0.2) is 25.5 Å². The molecule has 0 saturated carbocycles. The van der Waals surface area contributed by atoms with Gasteiger partial charge in [-0.3, -0.25) is 9.59 Å². The summed E-state index contributed by atoms with van der Waals surface area (Å²) in [5.74, 6) is -2.29. The van der Waals surface area contributed by atoms with Crippen LogP contribution in [0.1, 0.15) is 27.4 Å². The van der Waals surface area contributed by atoms with Gasteiger partial charge >= 0.3 is 5.97 Å². The van der Waals surface area contributed by atoms with Crippen molar-refractivity contribution in [3.63, 3.8) is 0 Å². The fraction of sp³-hybridized carbons (Fsp3) is 0.130. The van der Waals surface area contributed by atoms with E-state index in [1.807, 2.05) is 60.7 Å². The number of rotatable bonds is 7. The average molecular weight is 378 g/mol. The number of Topliss-reactive ketones (excluding diaryl/α,β-unsaturated/α-hetero) is 1. The number of benzene rings is 3. The van der Waals surface area contributed by atoms with Gasteiger partial charge in [0, 0.05) is 5.56 Å². The third kappa shape index (κ3) is 4.43. The number of ether oxygens (including phenoxy) is 2. The maximum absolute atomic E-state index is 13.8. The Labute approximate surface area is 162 Å². The lowest BCUT2D eigenvalue weighted by Crippen LogP contribution is -2.21. The van der Waals surface area contributed by atoms with Gasteiger partial charge in [-0.1, -0.05) is 60.7 Å². The van der Waals surface area contributed by atoms with Crippen LogP contribution in [0.2, 0.25) is 0 Å². The average Bonchev–Trinajstić information content (AvgIpc) is 2.73. The lowest BCUT2D eigenvalue weighted by Gasteiger charge is -2.17. The fourth-order valence-corrected chi connectivity index (χ4v) is 2.90. The van der Waals surface area contributed by atoms with Crippen molar-refractivity contribution in [1.29, 1.82) is 0 Å². The van der Waals surface area contributed by atoms with Crippen molar-refractivity contribution >= 4 is 11.8 Å². The Kier molecular flexibility index (Phi) is 6.17. The SMILES string of the molecule is COc1ccc(C(=O)COC(=O)C(c2ccccc2)c2ccccc2)cc1F. The number of ketones is 1. The highest BCUT2D eigenvalue weighted by molar-refractivity contribution is 5.98. The zero-order valence-electron chi connectivity index (χ0n) is 15.3. The lowest BCUT2D eigenvalue weighted by atomic mass is 9.91. The molecular formula is C23H19FO4. The molecule has 0 N–H and O–H groups in total. The molecule has 0 aromatic heterocycles. The zero-order valence-corrected chi connectivity index (χ0v) is 15.3. The van der Waals surface area contributed by atoms with E-state index >= 15 is 0 Å². The van der Waals surface area contributed by atoms with Crippen molar-refractivity contribution in [2.45, 2.75) is 5.92 Å². The Bertz CT molecular complexity index is 915. The van der Waals surface area contributed by atoms with Gasteiger partial charge in [-0.2, -0.15) is 0 Å². The van der Waals surface area contributed by atoms with Gasteiger partial charge in [0.25, 0.3) is 0 Å². The highest BCUT2D eigenvalue weighted by Crippen LogP contribution is 2.26. The molecule has 0 fully saturated rings. The summed E-state index contributed by atoms with van der Waals surface area (Å²) < 4.78 is 23.9. The highest BCUT2D eigenvalue weighted by Gasteiger charge is 2.25. The summed E-state index contributed by atoms with van der Waals surface area (Å²) >= 11 is 0. The van der Waals surface area contributed by atoms with Gasteiger partial charge in [-0.05, 0) is 29.3 Å². The van der Waals surface area contributed by atoms with Gasteiger partial charge in [0.05, 0.1) is 7.11 Å². The second-order valence-corrected chi connectivity index (χ2v) is 6.13. The molecule has 0 aliphatic rings. The molecule has 5 heteroatoms. The fourth-order valence-electron chi connectivity index (χ4n) is 2.90. The van der Waals surface area contributed by atoms with Crippen LogP contribution < -0.4 is 4.74 Å². The number of methoxy groups -OCH3 is 1. The molecule has 0 atom stereocenters. The van der Waals surface area contributed by atoms with E-state index in [9.17, 15) is 14.0 Å². The minimum absolute atomic E-state index is 0.0433. The van der Waals surface area contributed by atoms with E-state index in [1.54, 1.807) is 0 Å². The highest BCUT2D eigenvalue weighted by atomic mass is 19.1. The van der Waals surface area contributed by atoms with Gasteiger partial charge in [0.15, 0.2) is 24.0 Å². The molecule has 0 bridgehead atoms. The third-order valence-corrected chi connectivity index (χ3v) is 4.32. The monoisotopic (exact) mass is 378 g/mol. The Morgan fingerprint density at radius 3 is 1.96 bits per heavy atom. The van der Waals surface area contributed by atoms with Gasteiger partial charge in [0.2, 0.25) is 0 Å². The summed E-state index contributed by atoms with van der Waals surface area (Å²) in [6.07, 6.45) is 0. The predicted octanol–water partition coefficient (Wildman–Crippen LogP) is 4.39. The number of carbonyl (C=O) groups excluding carboxylic acids is 2. The van der Waals surface area contributed by atoms with Crippen LogP contribution in [0.4, 0.5) is 4.39 Å². The first-order valence-electron chi connectivity index (χ1n) is 8.73. The molecule has 0 amide bonds. The molecule has 0 radical (unpaired) electrons. The van der Waals surface area contributed by atoms with Crippen molar-refractivity contribution < 1.29 is 23.5 Å². The van der Waals surface area contributed by atoms with Crippen molar-refractivity contribution in [3.8, 4) is 5.75 Å². The molecule has 3 aromatic carbocycles. The van der Waals surface area contributed by atoms with Crippen molar-refractivity contribution in [2.75, 3.05) is 13.7 Å². The quantitative estimate of drug-likeness (QED) is 0.452. The minimum Gasteiger partial charge on any atom is -0.494 e. The van der Waals surface area contributed by atoms with Crippen LogP contribution in [0.5, 0.6) is 5.75 Å². The number of esters is 1. The van der Waals surface area contributed by atoms with E-state index in [1.165, 1.54) is 19.2 Å². The summed E-state index contributed by atoms with van der Waals surface area (Å²) in [5, 5.41) is 0. The summed E-state index contributed by atoms with van der Waals surface area (Å²) in [7, 11) is 1.34. The van der Waals surface area contributed by atoms with Gasteiger partial charge < -0.3 is 9.47 Å². The van der Waals surface area contributed by atoms with E-state index in [-0.39, 0.29) is 11.3 Å². The molecule has 3 rings (SSSR count). The topological polar surface area (TPSA) is 52.6 Å². The van der Waals surface area contributed by atoms with Crippen molar-refractivity contribution in [1.82, 2.24) is 0 Å². The van der Waals surface area contributed by atoms with E-state index in [4.69, 9.17) is 9.47 Å². The first-order chi connectivity index (χ1) is 13.6. The first-order valence-corrected chi connectivity index (χ1v) is 8.73. The standard InChI is InChI=1S/C23H19FO4/c1-27-21-13-12-18(14-19(21)24)20(25)15-28-23(26)22(16-8-4-2-5-9-16)17-10-6-3-7-11-17/h2-14,22H,15H2,1H3. The number of carbonyl (C=O) groups is 2. The lowest BCUT2D eigenvalue weighted by molar-refractivity contribution is -0.143. The smallest absolute Gasteiger partial charge is 0.318 e. The number of halogens is 1. The molecule has 142 valence electrons.